The van der Waals surface area contributed by atoms with Crippen LogP contribution in [0.25, 0.3) is 0 Å². The molecule has 1 unspecified atom stereocenters. The van der Waals surface area contributed by atoms with E-state index in [1.165, 1.54) is 6.33 Å². The number of fused-ring (bicyclic) bond motifs is 6. The van der Waals surface area contributed by atoms with Crippen LogP contribution in [0.3, 0.4) is 0 Å². The van der Waals surface area contributed by atoms with Gasteiger partial charge in [0.1, 0.15) is 23.7 Å². The molecule has 0 radical (unpaired) electrons. The molecule has 0 saturated heterocycles. The molecule has 3 N–H and O–H groups in total. The number of nitrogens with one attached hydrogen (secondary N) is 3. The van der Waals surface area contributed by atoms with E-state index in [1.807, 2.05) is 66.5 Å². The molecule has 0 aliphatic carbocycles. The van der Waals surface area contributed by atoms with Crippen LogP contribution in [-0.4, -0.2) is 40.2 Å². The molecule has 2 aromatic carbocycles. The molecule has 1 amide bonds. The largest absolute Gasteiger partial charge is 0.352 e. The van der Waals surface area contributed by atoms with Gasteiger partial charge in [-0.25, -0.2) is 9.97 Å². The van der Waals surface area contributed by atoms with Crippen molar-refractivity contribution in [1.82, 2.24) is 20.2 Å². The summed E-state index contributed by atoms with van der Waals surface area (Å²) in [5, 5.41) is 9.70. The Balaban J connectivity index is 1.62. The number of carbonyl (C=O) groups is 2. The van der Waals surface area contributed by atoms with Crippen molar-refractivity contribution in [3.63, 3.8) is 0 Å². The van der Waals surface area contributed by atoms with Crippen LogP contribution in [0.4, 0.5) is 23.0 Å². The molecule has 1 aliphatic rings. The number of nitrogens with zero attached hydrogens (tertiary/aromatic N) is 3. The molecule has 36 heavy (non-hydrogen) atoms. The Morgan fingerprint density at radius 2 is 1.56 bits per heavy atom. The maximum absolute atomic E-state index is 13.1. The zero-order chi connectivity index (χ0) is 25.5. The minimum atomic E-state index is -0.343. The number of hydrogen-bond acceptors (Lipinski definition) is 7. The van der Waals surface area contributed by atoms with Gasteiger partial charge >= 0.3 is 0 Å². The molecule has 3 aromatic rings. The second-order valence-electron chi connectivity index (χ2n) is 9.90. The molecule has 188 valence electrons. The first-order chi connectivity index (χ1) is 17.3. The number of benzene rings is 2. The molecule has 1 aliphatic heterocycles. The Morgan fingerprint density at radius 1 is 0.917 bits per heavy atom. The quantitative estimate of drug-likeness (QED) is 0.485. The van der Waals surface area contributed by atoms with Gasteiger partial charge in [0.05, 0.1) is 6.54 Å². The van der Waals surface area contributed by atoms with Crippen molar-refractivity contribution in [2.24, 2.45) is 11.8 Å². The topological polar surface area (TPSA) is 99.2 Å². The van der Waals surface area contributed by atoms with Crippen LogP contribution >= 0.6 is 0 Å². The zero-order valence-corrected chi connectivity index (χ0v) is 21.1. The van der Waals surface area contributed by atoms with E-state index in [-0.39, 0.29) is 24.0 Å². The maximum atomic E-state index is 13.1. The third-order valence-electron chi connectivity index (χ3n) is 6.03. The van der Waals surface area contributed by atoms with E-state index >= 15 is 0 Å². The highest BCUT2D eigenvalue weighted by Gasteiger charge is 2.23. The molecular formula is C28H34N6O2. The molecule has 0 saturated carbocycles. The fourth-order valence-electron chi connectivity index (χ4n) is 4.49. The Labute approximate surface area is 212 Å². The smallest absolute Gasteiger partial charge is 0.223 e. The monoisotopic (exact) mass is 486 g/mol. The van der Waals surface area contributed by atoms with Gasteiger partial charge in [-0.1, -0.05) is 38.1 Å². The second kappa shape index (κ2) is 11.8. The number of amides is 1. The predicted molar refractivity (Wildman–Crippen MR) is 142 cm³/mol. The summed E-state index contributed by atoms with van der Waals surface area (Å²) < 4.78 is 0. The number of rotatable bonds is 2. The lowest BCUT2D eigenvalue weighted by Gasteiger charge is -2.21. The number of anilines is 4. The fourth-order valence-corrected chi connectivity index (χ4v) is 4.49. The number of carbonyl (C=O) groups excluding carboxylic acids is 2. The van der Waals surface area contributed by atoms with Crippen LogP contribution in [0.2, 0.25) is 0 Å². The Bertz CT molecular complexity index is 1210. The third-order valence-corrected chi connectivity index (χ3v) is 6.03. The van der Waals surface area contributed by atoms with Crippen LogP contribution in [0.1, 0.15) is 37.8 Å². The average molecular weight is 487 g/mol. The van der Waals surface area contributed by atoms with Gasteiger partial charge in [-0.05, 0) is 54.8 Å². The fraction of sp³-hybridized carbons (Fsp3) is 0.357. The number of Topliss-reactive ketones (excluding diaryl/α,β-unsaturated/α-hetero) is 1. The van der Waals surface area contributed by atoms with Crippen molar-refractivity contribution in [3.05, 3.63) is 72.1 Å². The van der Waals surface area contributed by atoms with E-state index in [4.69, 9.17) is 0 Å². The van der Waals surface area contributed by atoms with Crippen molar-refractivity contribution >= 4 is 34.7 Å². The van der Waals surface area contributed by atoms with Crippen molar-refractivity contribution < 1.29 is 9.59 Å². The SMILES string of the molecule is CC(C)CC1CC(=O)CN(C)Cc2cccc(c2)Nc2cc(ncn2)Nc2cccc(c2)CNC1=O. The Kier molecular flexibility index (Phi) is 8.28. The lowest BCUT2D eigenvalue weighted by molar-refractivity contribution is -0.130. The lowest BCUT2D eigenvalue weighted by Crippen LogP contribution is -2.34. The third kappa shape index (κ3) is 7.36. The van der Waals surface area contributed by atoms with Gasteiger partial charge in [-0.2, -0.15) is 0 Å². The highest BCUT2D eigenvalue weighted by atomic mass is 16.2. The van der Waals surface area contributed by atoms with Crippen molar-refractivity contribution in [3.8, 4) is 0 Å². The number of likely N-dealkylation sites (N-methyl/N-ethyl adjacent to an activating group) is 1. The van der Waals surface area contributed by atoms with Crippen LogP contribution in [0, 0.1) is 11.8 Å². The van der Waals surface area contributed by atoms with Crippen LogP contribution in [-0.2, 0) is 22.7 Å². The molecule has 8 nitrogen and oxygen atoms in total. The van der Waals surface area contributed by atoms with E-state index in [0.717, 1.165) is 22.5 Å². The van der Waals surface area contributed by atoms with Crippen LogP contribution < -0.4 is 16.0 Å². The lowest BCUT2D eigenvalue weighted by atomic mass is 9.91. The average Bonchev–Trinajstić information content (AvgIpc) is 2.82. The minimum absolute atomic E-state index is 0.0710. The van der Waals surface area contributed by atoms with Gasteiger partial charge < -0.3 is 16.0 Å². The summed E-state index contributed by atoms with van der Waals surface area (Å²) in [5.41, 5.74) is 3.80. The summed E-state index contributed by atoms with van der Waals surface area (Å²) >= 11 is 0. The van der Waals surface area contributed by atoms with E-state index in [2.05, 4.69) is 39.8 Å². The zero-order valence-electron chi connectivity index (χ0n) is 21.1. The highest BCUT2D eigenvalue weighted by molar-refractivity contribution is 5.87. The van der Waals surface area contributed by atoms with E-state index < -0.39 is 0 Å². The van der Waals surface area contributed by atoms with Crippen LogP contribution in [0.5, 0.6) is 0 Å². The van der Waals surface area contributed by atoms with Gasteiger partial charge in [0.25, 0.3) is 0 Å². The molecule has 4 rings (SSSR count). The Hall–Kier alpha value is -3.78. The van der Waals surface area contributed by atoms with Gasteiger partial charge in [0.15, 0.2) is 0 Å². The molecule has 0 fully saturated rings. The summed E-state index contributed by atoms with van der Waals surface area (Å²) in [5.74, 6) is 1.30. The van der Waals surface area contributed by atoms with Crippen LogP contribution in [0.15, 0.2) is 60.9 Å². The molecule has 8 heteroatoms. The first-order valence-electron chi connectivity index (χ1n) is 12.4. The molecule has 1 atom stereocenters. The summed E-state index contributed by atoms with van der Waals surface area (Å²) in [4.78, 5) is 36.7. The summed E-state index contributed by atoms with van der Waals surface area (Å²) in [6.07, 6.45) is 2.43. The van der Waals surface area contributed by atoms with Gasteiger partial charge in [-0.3, -0.25) is 14.5 Å². The Morgan fingerprint density at radius 3 is 2.22 bits per heavy atom. The standard InChI is InChI=1S/C28H34N6O2/c1-19(2)10-22-13-25(35)17-34(3)16-21-7-5-9-24(12-21)33-27-14-26(30-18-31-27)32-23-8-4-6-20(11-23)15-29-28(22)36/h4-9,11-12,14,18-19,22H,10,13,15-17H2,1-3H3,(H,29,36)(H2,30,31,32,33). The number of ketones is 1. The van der Waals surface area contributed by atoms with E-state index in [0.29, 0.717) is 43.6 Å². The minimum Gasteiger partial charge on any atom is -0.352 e. The van der Waals surface area contributed by atoms with Gasteiger partial charge in [-0.15, -0.1) is 0 Å². The number of aromatic nitrogens is 2. The molecular weight excluding hydrogens is 452 g/mol. The van der Waals surface area contributed by atoms with Gasteiger partial charge in [0, 0.05) is 42.9 Å². The van der Waals surface area contributed by atoms with E-state index in [1.54, 1.807) is 0 Å². The highest BCUT2D eigenvalue weighted by Crippen LogP contribution is 2.22. The summed E-state index contributed by atoms with van der Waals surface area (Å²) in [7, 11) is 1.93. The summed E-state index contributed by atoms with van der Waals surface area (Å²) in [6.45, 7) is 5.46. The second-order valence-corrected chi connectivity index (χ2v) is 9.90. The van der Waals surface area contributed by atoms with Crippen molar-refractivity contribution in [1.29, 1.82) is 0 Å². The molecule has 1 aromatic heterocycles. The predicted octanol–water partition coefficient (Wildman–Crippen LogP) is 4.65. The molecule has 6 bridgehead atoms. The maximum Gasteiger partial charge on any atom is 0.223 e. The van der Waals surface area contributed by atoms with Gasteiger partial charge in [0.2, 0.25) is 5.91 Å². The molecule has 2 heterocycles. The normalized spacial score (nSPS) is 17.6. The first kappa shape index (κ1) is 25.3. The van der Waals surface area contributed by atoms with Crippen molar-refractivity contribution in [2.75, 3.05) is 24.2 Å². The first-order valence-corrected chi connectivity index (χ1v) is 12.4. The van der Waals surface area contributed by atoms with E-state index in [9.17, 15) is 9.59 Å². The van der Waals surface area contributed by atoms with Crippen molar-refractivity contribution in [2.45, 2.75) is 39.8 Å². The summed E-state index contributed by atoms with van der Waals surface area (Å²) in [6, 6.07) is 17.7. The molecule has 0 spiro atoms. The number of hydrogen-bond donors (Lipinski definition) is 3.